The minimum absolute atomic E-state index is 0.379. The van der Waals surface area contributed by atoms with E-state index in [1.54, 1.807) is 18.0 Å². The second-order valence-corrected chi connectivity index (χ2v) is 5.16. The van der Waals surface area contributed by atoms with Crippen molar-refractivity contribution in [3.8, 4) is 0 Å². The first-order valence-electron chi connectivity index (χ1n) is 4.43. The van der Waals surface area contributed by atoms with Crippen LogP contribution in [-0.4, -0.2) is 16.2 Å². The lowest BCUT2D eigenvalue weighted by atomic mass is 10.2. The summed E-state index contributed by atoms with van der Waals surface area (Å²) in [7, 11) is 0. The van der Waals surface area contributed by atoms with Crippen LogP contribution in [0, 0.1) is 0 Å². The molecule has 1 aliphatic heterocycles. The van der Waals surface area contributed by atoms with Crippen molar-refractivity contribution in [2.75, 3.05) is 6.54 Å². The Morgan fingerprint density at radius 2 is 2.27 bits per heavy atom. The zero-order valence-electron chi connectivity index (χ0n) is 7.92. The zero-order chi connectivity index (χ0) is 10.7. The van der Waals surface area contributed by atoms with Crippen molar-refractivity contribution >= 4 is 29.8 Å². The van der Waals surface area contributed by atoms with E-state index in [2.05, 4.69) is 9.79 Å². The number of carbonyl (C=O) groups excluding carboxylic acids is 1. The molecule has 0 atom stereocenters. The predicted molar refractivity (Wildman–Crippen MR) is 64.3 cm³/mol. The fourth-order valence-corrected chi connectivity index (χ4v) is 3.03. The van der Waals surface area contributed by atoms with Crippen LogP contribution in [0.1, 0.15) is 10.4 Å². The van der Waals surface area contributed by atoms with Gasteiger partial charge in [0.05, 0.1) is 5.56 Å². The molecule has 1 aromatic carbocycles. The Morgan fingerprint density at radius 3 is 2.93 bits per heavy atom. The zero-order valence-corrected chi connectivity index (χ0v) is 9.55. The van der Waals surface area contributed by atoms with Crippen LogP contribution in [0.25, 0.3) is 0 Å². The normalized spacial score (nSPS) is 15.7. The highest BCUT2D eigenvalue weighted by Crippen LogP contribution is 2.34. The summed E-state index contributed by atoms with van der Waals surface area (Å²) in [6.07, 6.45) is 2.07. The van der Waals surface area contributed by atoms with Gasteiger partial charge in [0.15, 0.2) is 0 Å². The minimum atomic E-state index is -0.379. The maximum atomic E-state index is 11.2. The van der Waals surface area contributed by atoms with E-state index in [1.165, 1.54) is 11.9 Å². The van der Waals surface area contributed by atoms with Crippen molar-refractivity contribution in [2.24, 2.45) is 5.73 Å². The van der Waals surface area contributed by atoms with Gasteiger partial charge in [0.25, 0.3) is 0 Å². The van der Waals surface area contributed by atoms with E-state index < -0.39 is 0 Å². The largest absolute Gasteiger partial charge is 0.366 e. The number of primary amides is 1. The van der Waals surface area contributed by atoms with E-state index in [0.29, 0.717) is 5.56 Å². The molecule has 0 fully saturated rings. The van der Waals surface area contributed by atoms with E-state index in [-0.39, 0.29) is 5.91 Å². The number of nitrogens with two attached hydrogens (primary N) is 1. The predicted octanol–water partition coefficient (Wildman–Crippen LogP) is 2.27. The van der Waals surface area contributed by atoms with E-state index in [4.69, 9.17) is 5.73 Å². The molecule has 1 heterocycles. The first-order chi connectivity index (χ1) is 7.27. The van der Waals surface area contributed by atoms with Gasteiger partial charge in [-0.1, -0.05) is 18.2 Å². The Kier molecular flexibility index (Phi) is 3.35. The number of nitrogens with zero attached hydrogens (tertiary/aromatic N) is 1. The fourth-order valence-electron chi connectivity index (χ4n) is 1.20. The van der Waals surface area contributed by atoms with Gasteiger partial charge >= 0.3 is 0 Å². The minimum Gasteiger partial charge on any atom is -0.366 e. The summed E-state index contributed by atoms with van der Waals surface area (Å²) in [6.45, 7) is 0.877. The molecule has 2 rings (SSSR count). The number of carbonyl (C=O) groups is 1. The second kappa shape index (κ2) is 4.74. The monoisotopic (exact) mass is 238 g/mol. The number of hydrogen-bond donors (Lipinski definition) is 1. The van der Waals surface area contributed by atoms with Gasteiger partial charge in [0.1, 0.15) is 0 Å². The molecule has 0 aromatic heterocycles. The summed E-state index contributed by atoms with van der Waals surface area (Å²) in [6, 6.07) is 7.38. The van der Waals surface area contributed by atoms with Crippen LogP contribution in [0.2, 0.25) is 0 Å². The van der Waals surface area contributed by atoms with Gasteiger partial charge < -0.3 is 5.73 Å². The van der Waals surface area contributed by atoms with Crippen molar-refractivity contribution in [1.82, 2.24) is 3.71 Å². The molecule has 3 nitrogen and oxygen atoms in total. The molecule has 1 aromatic rings. The lowest BCUT2D eigenvalue weighted by molar-refractivity contribution is 0.0997. The van der Waals surface area contributed by atoms with Gasteiger partial charge in [0, 0.05) is 11.4 Å². The molecule has 2 N–H and O–H groups in total. The highest BCUT2D eigenvalue weighted by Gasteiger charge is 2.13. The molecule has 1 amide bonds. The highest BCUT2D eigenvalue weighted by atomic mass is 32.2. The summed E-state index contributed by atoms with van der Waals surface area (Å²) in [5.74, 6) is -0.379. The van der Waals surface area contributed by atoms with Gasteiger partial charge in [-0.15, -0.1) is 0 Å². The summed E-state index contributed by atoms with van der Waals surface area (Å²) in [5.41, 5.74) is 5.87. The molecule has 78 valence electrons. The molecule has 0 bridgehead atoms. The van der Waals surface area contributed by atoms with Crippen LogP contribution in [-0.2, 0) is 0 Å². The Morgan fingerprint density at radius 1 is 1.47 bits per heavy atom. The molecule has 0 saturated carbocycles. The van der Waals surface area contributed by atoms with Crippen molar-refractivity contribution in [3.63, 3.8) is 0 Å². The highest BCUT2D eigenvalue weighted by molar-refractivity contribution is 8.13. The Hall–Kier alpha value is -0.910. The van der Waals surface area contributed by atoms with E-state index >= 15 is 0 Å². The fraction of sp³-hybridized carbons (Fsp3) is 0.100. The maximum absolute atomic E-state index is 11.2. The smallest absolute Gasteiger partial charge is 0.249 e. The molecule has 0 radical (unpaired) electrons. The number of amides is 1. The quantitative estimate of drug-likeness (QED) is 0.821. The Balaban J connectivity index is 2.16. The van der Waals surface area contributed by atoms with Crippen LogP contribution >= 0.6 is 23.9 Å². The Bertz CT molecular complexity index is 398. The van der Waals surface area contributed by atoms with Gasteiger partial charge in [0.2, 0.25) is 5.91 Å². The van der Waals surface area contributed by atoms with Gasteiger partial charge in [-0.25, -0.2) is 0 Å². The summed E-state index contributed by atoms with van der Waals surface area (Å²) in [5, 5.41) is 2.03. The molecular formula is C10H10N2OS2. The molecule has 0 aliphatic carbocycles. The number of rotatable bonds is 3. The first-order valence-corrected chi connectivity index (χ1v) is 6.04. The number of benzene rings is 1. The SMILES string of the molecule is NC(=O)c1ccccc1SN1CC=CS1. The van der Waals surface area contributed by atoms with Crippen molar-refractivity contribution < 1.29 is 4.79 Å². The van der Waals surface area contributed by atoms with Crippen molar-refractivity contribution in [1.29, 1.82) is 0 Å². The molecule has 5 heteroatoms. The third kappa shape index (κ3) is 2.56. The van der Waals surface area contributed by atoms with Crippen molar-refractivity contribution in [3.05, 3.63) is 41.3 Å². The molecular weight excluding hydrogens is 228 g/mol. The van der Waals surface area contributed by atoms with Gasteiger partial charge in [-0.05, 0) is 41.4 Å². The Labute approximate surface area is 97.0 Å². The van der Waals surface area contributed by atoms with E-state index in [0.717, 1.165) is 11.4 Å². The van der Waals surface area contributed by atoms with Crippen LogP contribution in [0.15, 0.2) is 40.6 Å². The first kappa shape index (κ1) is 10.6. The van der Waals surface area contributed by atoms with Crippen LogP contribution in [0.5, 0.6) is 0 Å². The van der Waals surface area contributed by atoms with Crippen LogP contribution in [0.3, 0.4) is 0 Å². The third-order valence-electron chi connectivity index (χ3n) is 1.88. The lowest BCUT2D eigenvalue weighted by Crippen LogP contribution is -2.13. The standard InChI is InChI=1S/C10H10N2OS2/c11-10(13)8-4-1-2-5-9(8)15-12-6-3-7-14-12/h1-5,7H,6H2,(H2,11,13). The average Bonchev–Trinajstić information content (AvgIpc) is 2.71. The maximum Gasteiger partial charge on any atom is 0.249 e. The van der Waals surface area contributed by atoms with Gasteiger partial charge in [-0.2, -0.15) is 3.71 Å². The number of hydrogen-bond acceptors (Lipinski definition) is 4. The van der Waals surface area contributed by atoms with Crippen LogP contribution in [0.4, 0.5) is 0 Å². The van der Waals surface area contributed by atoms with E-state index in [1.807, 2.05) is 23.6 Å². The van der Waals surface area contributed by atoms with Crippen LogP contribution < -0.4 is 5.73 Å². The topological polar surface area (TPSA) is 46.3 Å². The lowest BCUT2D eigenvalue weighted by Gasteiger charge is -2.13. The summed E-state index contributed by atoms with van der Waals surface area (Å²) in [4.78, 5) is 12.1. The third-order valence-corrected chi connectivity index (χ3v) is 3.97. The van der Waals surface area contributed by atoms with Gasteiger partial charge in [-0.3, -0.25) is 4.79 Å². The molecule has 0 unspecified atom stereocenters. The van der Waals surface area contributed by atoms with Crippen molar-refractivity contribution in [2.45, 2.75) is 4.90 Å². The molecule has 15 heavy (non-hydrogen) atoms. The molecule has 0 saturated heterocycles. The second-order valence-electron chi connectivity index (χ2n) is 2.94. The average molecular weight is 238 g/mol. The summed E-state index contributed by atoms with van der Waals surface area (Å²) >= 11 is 3.16. The van der Waals surface area contributed by atoms with E-state index in [9.17, 15) is 4.79 Å². The summed E-state index contributed by atoms with van der Waals surface area (Å²) < 4.78 is 2.09. The molecule has 1 aliphatic rings. The molecule has 0 spiro atoms.